The average molecular weight is 477 g/mol. The Balaban J connectivity index is 1.44. The Kier molecular flexibility index (Phi) is 6.79. The molecule has 2 aliphatic rings. The molecule has 9 heteroatoms. The molecular formula is C23H26Cl2N4O3. The molecule has 0 bridgehead atoms. The molecule has 2 heterocycles. The summed E-state index contributed by atoms with van der Waals surface area (Å²) in [6, 6.07) is 12.4. The van der Waals surface area contributed by atoms with E-state index in [1.807, 2.05) is 17.0 Å². The number of halogens is 2. The highest BCUT2D eigenvalue weighted by atomic mass is 35.5. The summed E-state index contributed by atoms with van der Waals surface area (Å²) in [4.78, 5) is 30.8. The molecule has 7 nitrogen and oxygen atoms in total. The van der Waals surface area contributed by atoms with E-state index in [1.54, 1.807) is 30.3 Å². The Morgan fingerprint density at radius 3 is 2.25 bits per heavy atom. The highest BCUT2D eigenvalue weighted by Crippen LogP contribution is 2.32. The maximum Gasteiger partial charge on any atom is 0.303 e. The molecule has 2 aromatic rings. The third-order valence-electron chi connectivity index (χ3n) is 6.05. The summed E-state index contributed by atoms with van der Waals surface area (Å²) in [5, 5.41) is 1.19. The molecule has 2 aromatic carbocycles. The van der Waals surface area contributed by atoms with Crippen LogP contribution >= 0.6 is 23.2 Å². The minimum atomic E-state index is -0.303. The van der Waals surface area contributed by atoms with E-state index in [1.165, 1.54) is 6.92 Å². The molecule has 0 saturated carbocycles. The first kappa shape index (κ1) is 22.7. The monoisotopic (exact) mass is 476 g/mol. The van der Waals surface area contributed by atoms with Gasteiger partial charge in [0.15, 0.2) is 0 Å². The number of esters is 1. The Labute approximate surface area is 197 Å². The summed E-state index contributed by atoms with van der Waals surface area (Å²) in [5.41, 5.74) is 8.29. The van der Waals surface area contributed by atoms with Crippen LogP contribution in [0.2, 0.25) is 10.0 Å². The third-order valence-corrected chi connectivity index (χ3v) is 6.53. The number of amides is 1. The summed E-state index contributed by atoms with van der Waals surface area (Å²) in [6.07, 6.45) is -0.277. The number of nitrogens with zero attached hydrogens (tertiary/aromatic N) is 3. The van der Waals surface area contributed by atoms with Gasteiger partial charge in [0.1, 0.15) is 6.10 Å². The van der Waals surface area contributed by atoms with Crippen LogP contribution in [-0.2, 0) is 9.53 Å². The molecule has 2 fully saturated rings. The van der Waals surface area contributed by atoms with Gasteiger partial charge in [-0.1, -0.05) is 23.2 Å². The largest absolute Gasteiger partial charge is 0.459 e. The molecular weight excluding hydrogens is 451 g/mol. The smallest absolute Gasteiger partial charge is 0.303 e. The van der Waals surface area contributed by atoms with Crippen molar-refractivity contribution in [3.8, 4) is 0 Å². The molecule has 170 valence electrons. The van der Waals surface area contributed by atoms with Crippen molar-refractivity contribution in [2.75, 3.05) is 49.9 Å². The highest BCUT2D eigenvalue weighted by molar-refractivity contribution is 6.31. The Hall–Kier alpha value is -2.48. The van der Waals surface area contributed by atoms with Crippen molar-refractivity contribution in [2.45, 2.75) is 19.1 Å². The van der Waals surface area contributed by atoms with E-state index in [9.17, 15) is 9.59 Å². The van der Waals surface area contributed by atoms with Gasteiger partial charge in [-0.15, -0.1) is 0 Å². The van der Waals surface area contributed by atoms with Crippen LogP contribution in [0, 0.1) is 0 Å². The van der Waals surface area contributed by atoms with E-state index in [-0.39, 0.29) is 24.0 Å². The van der Waals surface area contributed by atoms with Gasteiger partial charge >= 0.3 is 5.97 Å². The summed E-state index contributed by atoms with van der Waals surface area (Å²) in [7, 11) is 0. The third kappa shape index (κ3) is 4.95. The molecule has 0 radical (unpaired) electrons. The lowest BCUT2D eigenvalue weighted by atomic mass is 10.1. The summed E-state index contributed by atoms with van der Waals surface area (Å²) in [5.74, 6) is -0.303. The number of ether oxygens (including phenoxy) is 1. The fourth-order valence-corrected chi connectivity index (χ4v) is 4.78. The minimum absolute atomic E-state index is 0.000149. The number of hydrogen-bond donors (Lipinski definition) is 1. The molecule has 2 aliphatic heterocycles. The van der Waals surface area contributed by atoms with Crippen LogP contribution in [0.1, 0.15) is 17.3 Å². The van der Waals surface area contributed by atoms with Crippen molar-refractivity contribution in [3.05, 3.63) is 58.1 Å². The average Bonchev–Trinajstić information content (AvgIpc) is 3.16. The zero-order valence-electron chi connectivity index (χ0n) is 17.8. The van der Waals surface area contributed by atoms with Gasteiger partial charge < -0.3 is 20.3 Å². The van der Waals surface area contributed by atoms with Gasteiger partial charge in [0.25, 0.3) is 5.91 Å². The number of nitrogen functional groups attached to an aromatic ring is 1. The molecule has 32 heavy (non-hydrogen) atoms. The van der Waals surface area contributed by atoms with E-state index >= 15 is 0 Å². The number of carbonyl (C=O) groups is 2. The molecule has 2 saturated heterocycles. The van der Waals surface area contributed by atoms with Crippen molar-refractivity contribution < 1.29 is 14.3 Å². The number of benzene rings is 2. The van der Waals surface area contributed by atoms with Crippen LogP contribution in [0.15, 0.2) is 42.5 Å². The van der Waals surface area contributed by atoms with Gasteiger partial charge in [-0.05, 0) is 42.5 Å². The lowest BCUT2D eigenvalue weighted by molar-refractivity contribution is -0.148. The van der Waals surface area contributed by atoms with Gasteiger partial charge in [-0.2, -0.15) is 0 Å². The first-order valence-corrected chi connectivity index (χ1v) is 11.3. The zero-order chi connectivity index (χ0) is 22.8. The first-order chi connectivity index (χ1) is 15.3. The van der Waals surface area contributed by atoms with E-state index in [2.05, 4.69) is 9.80 Å². The quantitative estimate of drug-likeness (QED) is 0.539. The number of piperazine rings is 1. The first-order valence-electron chi connectivity index (χ1n) is 10.6. The summed E-state index contributed by atoms with van der Waals surface area (Å²) >= 11 is 12.0. The summed E-state index contributed by atoms with van der Waals surface area (Å²) in [6.45, 7) is 5.27. The Morgan fingerprint density at radius 2 is 1.62 bits per heavy atom. The minimum Gasteiger partial charge on any atom is -0.459 e. The maximum atomic E-state index is 12.8. The Bertz CT molecular complexity index is 993. The number of anilines is 2. The SMILES string of the molecule is CC(=O)O[C@@H]1CN(c2ccc(Cl)cc2N)C[C@H]1N1CCN(C(=O)c2ccc(Cl)cc2)CC1. The molecule has 0 unspecified atom stereocenters. The number of rotatable bonds is 4. The molecule has 0 aromatic heterocycles. The van der Waals surface area contributed by atoms with Crippen molar-refractivity contribution in [1.29, 1.82) is 0 Å². The molecule has 0 aliphatic carbocycles. The maximum absolute atomic E-state index is 12.8. The second-order valence-corrected chi connectivity index (χ2v) is 9.03. The number of hydrogen-bond acceptors (Lipinski definition) is 6. The second kappa shape index (κ2) is 9.57. The van der Waals surface area contributed by atoms with Crippen molar-refractivity contribution >= 4 is 46.5 Å². The van der Waals surface area contributed by atoms with Gasteiger partial charge in [0.2, 0.25) is 0 Å². The predicted octanol–water partition coefficient (Wildman–Crippen LogP) is 3.15. The van der Waals surface area contributed by atoms with Crippen LogP contribution in [-0.4, -0.2) is 73.1 Å². The molecule has 2 atom stereocenters. The standard InChI is InChI=1S/C23H26Cl2N4O3/c1-15(30)32-22-14-29(20-7-6-18(25)12-19(20)26)13-21(22)27-8-10-28(11-9-27)23(31)16-2-4-17(24)5-3-16/h2-7,12,21-22H,8-11,13-14,26H2,1H3/t21-,22-/m1/s1. The number of carbonyl (C=O) groups excluding carboxylic acids is 2. The fourth-order valence-electron chi connectivity index (χ4n) is 4.48. The van der Waals surface area contributed by atoms with Crippen molar-refractivity contribution in [1.82, 2.24) is 9.80 Å². The topological polar surface area (TPSA) is 79.1 Å². The lowest BCUT2D eigenvalue weighted by Gasteiger charge is -2.39. The fraction of sp³-hybridized carbons (Fsp3) is 0.391. The van der Waals surface area contributed by atoms with E-state index in [0.717, 1.165) is 5.69 Å². The second-order valence-electron chi connectivity index (χ2n) is 8.16. The molecule has 2 N–H and O–H groups in total. The Morgan fingerprint density at radius 1 is 0.969 bits per heavy atom. The van der Waals surface area contributed by atoms with Crippen LogP contribution < -0.4 is 10.6 Å². The van der Waals surface area contributed by atoms with Crippen LogP contribution in [0.3, 0.4) is 0 Å². The van der Waals surface area contributed by atoms with E-state index < -0.39 is 0 Å². The van der Waals surface area contributed by atoms with Crippen LogP contribution in [0.5, 0.6) is 0 Å². The van der Waals surface area contributed by atoms with Crippen molar-refractivity contribution in [3.63, 3.8) is 0 Å². The van der Waals surface area contributed by atoms with Gasteiger partial charge in [0.05, 0.1) is 24.0 Å². The molecule has 4 rings (SSSR count). The van der Waals surface area contributed by atoms with Crippen molar-refractivity contribution in [2.24, 2.45) is 0 Å². The summed E-state index contributed by atoms with van der Waals surface area (Å²) < 4.78 is 5.66. The van der Waals surface area contributed by atoms with E-state index in [0.29, 0.717) is 60.6 Å². The molecule has 1 amide bonds. The van der Waals surface area contributed by atoms with E-state index in [4.69, 9.17) is 33.7 Å². The normalized spacial score (nSPS) is 21.6. The highest BCUT2D eigenvalue weighted by Gasteiger charge is 2.40. The van der Waals surface area contributed by atoms with Crippen LogP contribution in [0.4, 0.5) is 11.4 Å². The zero-order valence-corrected chi connectivity index (χ0v) is 19.4. The van der Waals surface area contributed by atoms with Crippen LogP contribution in [0.25, 0.3) is 0 Å². The lowest BCUT2D eigenvalue weighted by Crippen LogP contribution is -2.55. The molecule has 0 spiro atoms. The predicted molar refractivity (Wildman–Crippen MR) is 126 cm³/mol. The van der Waals surface area contributed by atoms with Gasteiger partial charge in [-0.25, -0.2) is 0 Å². The van der Waals surface area contributed by atoms with Gasteiger partial charge in [0, 0.05) is 55.3 Å². The van der Waals surface area contributed by atoms with Gasteiger partial charge in [-0.3, -0.25) is 14.5 Å². The number of nitrogens with two attached hydrogens (primary N) is 1.